The van der Waals surface area contributed by atoms with Crippen molar-refractivity contribution >= 4 is 27.5 Å². The largest absolute Gasteiger partial charge is 0.330 e. The van der Waals surface area contributed by atoms with Crippen molar-refractivity contribution in [1.29, 1.82) is 0 Å². The molecule has 6 heteroatoms. The van der Waals surface area contributed by atoms with Gasteiger partial charge in [0, 0.05) is 25.4 Å². The number of carbonyl (C=O) groups is 1. The first-order valence-corrected chi connectivity index (χ1v) is 9.67. The van der Waals surface area contributed by atoms with Crippen LogP contribution in [0.5, 0.6) is 0 Å². The van der Waals surface area contributed by atoms with Crippen molar-refractivity contribution in [3.05, 3.63) is 46.7 Å². The maximum atomic E-state index is 13.2. The minimum Gasteiger partial charge on any atom is -0.330 e. The molecule has 0 radical (unpaired) electrons. The third-order valence-corrected chi connectivity index (χ3v) is 6.11. The molecule has 0 bridgehead atoms. The second-order valence-corrected chi connectivity index (χ2v) is 7.65. The summed E-state index contributed by atoms with van der Waals surface area (Å²) in [4.78, 5) is 19.8. The van der Waals surface area contributed by atoms with Gasteiger partial charge in [-0.15, -0.1) is 11.3 Å². The highest BCUT2D eigenvalue weighted by atomic mass is 32.1. The van der Waals surface area contributed by atoms with Crippen LogP contribution in [0.3, 0.4) is 0 Å². The summed E-state index contributed by atoms with van der Waals surface area (Å²) < 4.78 is 2.98. The van der Waals surface area contributed by atoms with Gasteiger partial charge in [-0.05, 0) is 49.9 Å². The summed E-state index contributed by atoms with van der Waals surface area (Å²) in [6.07, 6.45) is 5.93. The second-order valence-electron chi connectivity index (χ2n) is 6.53. The standard InChI is InChI=1S/C19H22N4OS/c1-3-18-21-14-8-7-13(12-17(14)25-18)19(24)23-11-5-4-6-16(23)15-9-10-20-22(15)2/h7-10,12,16H,3-6,11H2,1-2H3. The van der Waals surface area contributed by atoms with E-state index in [9.17, 15) is 4.79 Å². The third-order valence-electron chi connectivity index (χ3n) is 4.95. The van der Waals surface area contributed by atoms with E-state index in [0.29, 0.717) is 0 Å². The summed E-state index contributed by atoms with van der Waals surface area (Å²) in [7, 11) is 1.95. The topological polar surface area (TPSA) is 51.0 Å². The van der Waals surface area contributed by atoms with Crippen LogP contribution in [-0.2, 0) is 13.5 Å². The van der Waals surface area contributed by atoms with E-state index in [2.05, 4.69) is 17.0 Å². The molecule has 0 aliphatic carbocycles. The number of hydrogen-bond acceptors (Lipinski definition) is 4. The molecule has 3 heterocycles. The van der Waals surface area contributed by atoms with Crippen molar-refractivity contribution in [1.82, 2.24) is 19.7 Å². The van der Waals surface area contributed by atoms with Crippen molar-refractivity contribution in [3.8, 4) is 0 Å². The molecule has 0 saturated carbocycles. The zero-order valence-electron chi connectivity index (χ0n) is 14.6. The molecule has 3 aromatic rings. The first-order chi connectivity index (χ1) is 12.2. The number of rotatable bonds is 3. The predicted octanol–water partition coefficient (Wildman–Crippen LogP) is 3.96. The van der Waals surface area contributed by atoms with Crippen LogP contribution in [0.2, 0.25) is 0 Å². The number of fused-ring (bicyclic) bond motifs is 1. The lowest BCUT2D eigenvalue weighted by Gasteiger charge is -2.35. The van der Waals surface area contributed by atoms with E-state index < -0.39 is 0 Å². The fraction of sp³-hybridized carbons (Fsp3) is 0.421. The molecular weight excluding hydrogens is 332 g/mol. The van der Waals surface area contributed by atoms with Gasteiger partial charge in [0.2, 0.25) is 0 Å². The van der Waals surface area contributed by atoms with Gasteiger partial charge < -0.3 is 4.90 Å². The van der Waals surface area contributed by atoms with Gasteiger partial charge in [-0.2, -0.15) is 5.10 Å². The lowest BCUT2D eigenvalue weighted by molar-refractivity contribution is 0.0601. The average molecular weight is 354 g/mol. The number of benzene rings is 1. The van der Waals surface area contributed by atoms with E-state index in [1.807, 2.05) is 47.1 Å². The molecule has 5 nitrogen and oxygen atoms in total. The Morgan fingerprint density at radius 3 is 2.96 bits per heavy atom. The van der Waals surface area contributed by atoms with Crippen LogP contribution < -0.4 is 0 Å². The van der Waals surface area contributed by atoms with Crippen LogP contribution in [0, 0.1) is 0 Å². The monoisotopic (exact) mass is 354 g/mol. The summed E-state index contributed by atoms with van der Waals surface area (Å²) >= 11 is 1.68. The summed E-state index contributed by atoms with van der Waals surface area (Å²) in [6.45, 7) is 2.91. The Bertz CT molecular complexity index is 913. The van der Waals surface area contributed by atoms with E-state index in [1.54, 1.807) is 11.3 Å². The molecule has 4 rings (SSSR count). The zero-order valence-corrected chi connectivity index (χ0v) is 15.4. The second kappa shape index (κ2) is 6.59. The zero-order chi connectivity index (χ0) is 17.4. The highest BCUT2D eigenvalue weighted by molar-refractivity contribution is 7.18. The van der Waals surface area contributed by atoms with Gasteiger partial charge >= 0.3 is 0 Å². The number of piperidine rings is 1. The lowest BCUT2D eigenvalue weighted by Crippen LogP contribution is -2.39. The number of aryl methyl sites for hydroxylation is 2. The van der Waals surface area contributed by atoms with Crippen LogP contribution in [0.1, 0.15) is 53.3 Å². The van der Waals surface area contributed by atoms with E-state index in [1.165, 1.54) is 0 Å². The Morgan fingerprint density at radius 2 is 2.20 bits per heavy atom. The fourth-order valence-corrected chi connectivity index (χ4v) is 4.56. The molecule has 1 unspecified atom stereocenters. The van der Waals surface area contributed by atoms with Gasteiger partial charge in [-0.25, -0.2) is 4.98 Å². The third kappa shape index (κ3) is 2.95. The first kappa shape index (κ1) is 16.3. The highest BCUT2D eigenvalue weighted by Gasteiger charge is 2.30. The molecule has 1 fully saturated rings. The molecule has 1 aliphatic heterocycles. The molecule has 0 N–H and O–H groups in total. The molecule has 1 saturated heterocycles. The Hall–Kier alpha value is -2.21. The molecule has 130 valence electrons. The van der Waals surface area contributed by atoms with Crippen LogP contribution >= 0.6 is 11.3 Å². The molecule has 2 aromatic heterocycles. The Morgan fingerprint density at radius 1 is 1.32 bits per heavy atom. The van der Waals surface area contributed by atoms with Gasteiger partial charge in [0.25, 0.3) is 5.91 Å². The SMILES string of the molecule is CCc1nc2ccc(C(=O)N3CCCCC3c3ccnn3C)cc2s1. The lowest BCUT2D eigenvalue weighted by atomic mass is 9.98. The summed E-state index contributed by atoms with van der Waals surface area (Å²) in [6, 6.07) is 8.02. The summed E-state index contributed by atoms with van der Waals surface area (Å²) in [5.74, 6) is 0.110. The Kier molecular flexibility index (Phi) is 4.29. The molecule has 1 amide bonds. The van der Waals surface area contributed by atoms with Crippen molar-refractivity contribution in [2.75, 3.05) is 6.54 Å². The Labute approximate surface area is 151 Å². The van der Waals surface area contributed by atoms with E-state index in [-0.39, 0.29) is 11.9 Å². The molecule has 1 atom stereocenters. The minimum absolute atomic E-state index is 0.108. The number of hydrogen-bond donors (Lipinski definition) is 0. The van der Waals surface area contributed by atoms with Crippen molar-refractivity contribution in [2.45, 2.75) is 38.6 Å². The van der Waals surface area contributed by atoms with Crippen LogP contribution in [-0.4, -0.2) is 32.1 Å². The number of likely N-dealkylation sites (tertiary alicyclic amines) is 1. The fourth-order valence-electron chi connectivity index (χ4n) is 3.62. The molecule has 1 aromatic carbocycles. The van der Waals surface area contributed by atoms with Gasteiger partial charge in [0.1, 0.15) is 0 Å². The van der Waals surface area contributed by atoms with Crippen molar-refractivity contribution < 1.29 is 4.79 Å². The smallest absolute Gasteiger partial charge is 0.254 e. The van der Waals surface area contributed by atoms with Crippen molar-refractivity contribution in [3.63, 3.8) is 0 Å². The van der Waals surface area contributed by atoms with Gasteiger partial charge in [-0.3, -0.25) is 9.48 Å². The number of carbonyl (C=O) groups excluding carboxylic acids is 1. The van der Waals surface area contributed by atoms with E-state index in [0.717, 1.165) is 58.7 Å². The van der Waals surface area contributed by atoms with Crippen molar-refractivity contribution in [2.24, 2.45) is 7.05 Å². The molecular formula is C19H22N4OS. The maximum absolute atomic E-state index is 13.2. The molecule has 25 heavy (non-hydrogen) atoms. The molecule has 1 aliphatic rings. The van der Waals surface area contributed by atoms with Crippen LogP contribution in [0.15, 0.2) is 30.5 Å². The van der Waals surface area contributed by atoms with Crippen LogP contribution in [0.25, 0.3) is 10.2 Å². The highest BCUT2D eigenvalue weighted by Crippen LogP contribution is 2.32. The minimum atomic E-state index is 0.108. The molecule has 0 spiro atoms. The Balaban J connectivity index is 1.67. The number of nitrogens with zero attached hydrogens (tertiary/aromatic N) is 4. The maximum Gasteiger partial charge on any atom is 0.254 e. The van der Waals surface area contributed by atoms with Gasteiger partial charge in [0.15, 0.2) is 0 Å². The van der Waals surface area contributed by atoms with E-state index in [4.69, 9.17) is 0 Å². The number of amides is 1. The van der Waals surface area contributed by atoms with Crippen LogP contribution in [0.4, 0.5) is 0 Å². The van der Waals surface area contributed by atoms with E-state index >= 15 is 0 Å². The predicted molar refractivity (Wildman–Crippen MR) is 99.8 cm³/mol. The quantitative estimate of drug-likeness (QED) is 0.715. The summed E-state index contributed by atoms with van der Waals surface area (Å²) in [5, 5.41) is 5.40. The summed E-state index contributed by atoms with van der Waals surface area (Å²) in [5.41, 5.74) is 2.85. The number of thiazole rings is 1. The van der Waals surface area contributed by atoms with Gasteiger partial charge in [-0.1, -0.05) is 6.92 Å². The first-order valence-electron chi connectivity index (χ1n) is 8.85. The average Bonchev–Trinajstić information content (AvgIpc) is 3.26. The van der Waals surface area contributed by atoms with Gasteiger partial charge in [0.05, 0.1) is 27.0 Å². The number of aromatic nitrogens is 3. The normalized spacial score (nSPS) is 18.0.